The second-order valence-electron chi connectivity index (χ2n) is 5.54. The summed E-state index contributed by atoms with van der Waals surface area (Å²) in [6, 6.07) is 17.7. The first kappa shape index (κ1) is 12.3. The molecule has 97 valence electrons. The van der Waals surface area contributed by atoms with Gasteiger partial charge in [-0.1, -0.05) is 56.3 Å². The van der Waals surface area contributed by atoms with Crippen LogP contribution in [0.3, 0.4) is 0 Å². The summed E-state index contributed by atoms with van der Waals surface area (Å²) in [4.78, 5) is 2.36. The van der Waals surface area contributed by atoms with Gasteiger partial charge in [0.1, 0.15) is 0 Å². The van der Waals surface area contributed by atoms with Gasteiger partial charge < -0.3 is 4.90 Å². The molecule has 0 fully saturated rings. The van der Waals surface area contributed by atoms with E-state index in [4.69, 9.17) is 0 Å². The molecule has 0 aromatic heterocycles. The topological polar surface area (TPSA) is 3.24 Å². The van der Waals surface area contributed by atoms with Crippen LogP contribution in [0.25, 0.3) is 0 Å². The quantitative estimate of drug-likeness (QED) is 0.773. The molecule has 0 bridgehead atoms. The molecule has 19 heavy (non-hydrogen) atoms. The molecule has 0 amide bonds. The van der Waals surface area contributed by atoms with E-state index in [1.54, 1.807) is 0 Å². The van der Waals surface area contributed by atoms with Crippen molar-refractivity contribution in [3.63, 3.8) is 0 Å². The van der Waals surface area contributed by atoms with E-state index in [9.17, 15) is 0 Å². The summed E-state index contributed by atoms with van der Waals surface area (Å²) in [5.74, 6) is 0.605. The summed E-state index contributed by atoms with van der Waals surface area (Å²) < 4.78 is 0. The summed E-state index contributed by atoms with van der Waals surface area (Å²) in [6.45, 7) is 7.73. The lowest BCUT2D eigenvalue weighted by Gasteiger charge is -2.19. The molecular weight excluding hydrogens is 230 g/mol. The Morgan fingerprint density at radius 1 is 1.00 bits per heavy atom. The third-order valence-electron chi connectivity index (χ3n) is 3.83. The molecule has 1 aliphatic rings. The molecule has 0 spiro atoms. The van der Waals surface area contributed by atoms with Crippen LogP contribution in [0, 0.1) is 6.54 Å². The van der Waals surface area contributed by atoms with Gasteiger partial charge in [0.05, 0.1) is 6.54 Å². The van der Waals surface area contributed by atoms with Gasteiger partial charge >= 0.3 is 0 Å². The molecule has 0 saturated carbocycles. The van der Waals surface area contributed by atoms with Crippen molar-refractivity contribution >= 4 is 5.69 Å². The monoisotopic (exact) mass is 250 g/mol. The Hall–Kier alpha value is -1.76. The fourth-order valence-electron chi connectivity index (χ4n) is 2.62. The highest BCUT2D eigenvalue weighted by atomic mass is 15.1. The molecule has 0 unspecified atom stereocenters. The lowest BCUT2D eigenvalue weighted by molar-refractivity contribution is 0.861. The molecule has 0 saturated heterocycles. The molecule has 0 aliphatic carbocycles. The Balaban J connectivity index is 1.76. The van der Waals surface area contributed by atoms with E-state index in [2.05, 4.69) is 73.8 Å². The summed E-state index contributed by atoms with van der Waals surface area (Å²) >= 11 is 0. The maximum absolute atomic E-state index is 2.36. The highest BCUT2D eigenvalue weighted by Gasteiger charge is 2.18. The van der Waals surface area contributed by atoms with Crippen molar-refractivity contribution in [2.45, 2.75) is 32.7 Å². The summed E-state index contributed by atoms with van der Waals surface area (Å²) in [5, 5.41) is 0. The van der Waals surface area contributed by atoms with E-state index in [1.165, 1.54) is 22.4 Å². The number of rotatable bonds is 3. The second kappa shape index (κ2) is 5.08. The third-order valence-corrected chi connectivity index (χ3v) is 3.83. The fourth-order valence-corrected chi connectivity index (χ4v) is 2.62. The van der Waals surface area contributed by atoms with Gasteiger partial charge in [-0.15, -0.1) is 0 Å². The van der Waals surface area contributed by atoms with Crippen LogP contribution in [0.15, 0.2) is 48.5 Å². The smallest absolute Gasteiger partial charge is 0.0541 e. The van der Waals surface area contributed by atoms with E-state index in [1.807, 2.05) is 0 Å². The standard InChI is InChI=1S/C18H20N/c1-14(2)16-9-7-15(8-10-16)13-19-12-11-17-5-3-4-6-18(17)19/h3-10,12,14H,11,13H2,1-2H3. The number of anilines is 1. The molecule has 2 aromatic carbocycles. The van der Waals surface area contributed by atoms with Crippen molar-refractivity contribution in [2.24, 2.45) is 0 Å². The predicted molar refractivity (Wildman–Crippen MR) is 81.2 cm³/mol. The van der Waals surface area contributed by atoms with Crippen LogP contribution in [-0.2, 0) is 13.0 Å². The van der Waals surface area contributed by atoms with Crippen molar-refractivity contribution in [2.75, 3.05) is 4.90 Å². The maximum atomic E-state index is 2.36. The first-order valence-electron chi connectivity index (χ1n) is 7.01. The number of benzene rings is 2. The SMILES string of the molecule is CC(C)c1ccc(CN2[CH]Cc3ccccc32)cc1. The van der Waals surface area contributed by atoms with Crippen LogP contribution in [0.1, 0.15) is 36.5 Å². The zero-order valence-electron chi connectivity index (χ0n) is 11.6. The van der Waals surface area contributed by atoms with Gasteiger partial charge in [0.2, 0.25) is 0 Å². The van der Waals surface area contributed by atoms with Gasteiger partial charge in [-0.25, -0.2) is 0 Å². The Morgan fingerprint density at radius 3 is 2.47 bits per heavy atom. The Labute approximate surface area is 115 Å². The molecule has 1 nitrogen and oxygen atoms in total. The van der Waals surface area contributed by atoms with Crippen LogP contribution in [0.4, 0.5) is 5.69 Å². The van der Waals surface area contributed by atoms with Gasteiger partial charge in [-0.2, -0.15) is 0 Å². The van der Waals surface area contributed by atoms with Crippen molar-refractivity contribution in [1.82, 2.24) is 0 Å². The lowest BCUT2D eigenvalue weighted by Crippen LogP contribution is -2.15. The van der Waals surface area contributed by atoms with E-state index < -0.39 is 0 Å². The molecule has 0 N–H and O–H groups in total. The van der Waals surface area contributed by atoms with Crippen molar-refractivity contribution in [3.8, 4) is 0 Å². The van der Waals surface area contributed by atoms with Gasteiger partial charge in [0.15, 0.2) is 0 Å². The zero-order valence-corrected chi connectivity index (χ0v) is 11.6. The Morgan fingerprint density at radius 2 is 1.74 bits per heavy atom. The average molecular weight is 250 g/mol. The van der Waals surface area contributed by atoms with E-state index in [0.29, 0.717) is 5.92 Å². The Bertz CT molecular complexity index is 554. The predicted octanol–water partition coefficient (Wildman–Crippen LogP) is 4.53. The average Bonchev–Trinajstić information content (AvgIpc) is 2.83. The molecular formula is C18H20N. The lowest BCUT2D eigenvalue weighted by atomic mass is 10.0. The van der Waals surface area contributed by atoms with Gasteiger partial charge in [0, 0.05) is 12.2 Å². The van der Waals surface area contributed by atoms with Crippen LogP contribution >= 0.6 is 0 Å². The van der Waals surface area contributed by atoms with Crippen LogP contribution < -0.4 is 4.90 Å². The maximum Gasteiger partial charge on any atom is 0.0541 e. The number of nitrogens with zero attached hydrogens (tertiary/aromatic N) is 1. The minimum Gasteiger partial charge on any atom is -0.362 e. The van der Waals surface area contributed by atoms with Crippen molar-refractivity contribution in [3.05, 3.63) is 71.8 Å². The van der Waals surface area contributed by atoms with E-state index >= 15 is 0 Å². The van der Waals surface area contributed by atoms with Gasteiger partial charge in [-0.05, 0) is 35.1 Å². The Kier molecular flexibility index (Phi) is 3.29. The molecule has 1 heterocycles. The molecule has 0 atom stereocenters. The molecule has 1 aliphatic heterocycles. The largest absolute Gasteiger partial charge is 0.362 e. The second-order valence-corrected chi connectivity index (χ2v) is 5.54. The first-order chi connectivity index (χ1) is 9.24. The summed E-state index contributed by atoms with van der Waals surface area (Å²) in [6.07, 6.45) is 1.06. The van der Waals surface area contributed by atoms with Gasteiger partial charge in [0.25, 0.3) is 0 Å². The fraction of sp³-hybridized carbons (Fsp3) is 0.278. The molecule has 2 aromatic rings. The number of para-hydroxylation sites is 1. The number of hydrogen-bond donors (Lipinski definition) is 0. The van der Waals surface area contributed by atoms with Crippen molar-refractivity contribution < 1.29 is 0 Å². The number of hydrogen-bond acceptors (Lipinski definition) is 1. The normalized spacial score (nSPS) is 13.9. The molecule has 1 heteroatoms. The summed E-state index contributed by atoms with van der Waals surface area (Å²) in [7, 11) is 0. The third kappa shape index (κ3) is 2.51. The van der Waals surface area contributed by atoms with Crippen molar-refractivity contribution in [1.29, 1.82) is 0 Å². The molecule has 1 radical (unpaired) electrons. The zero-order chi connectivity index (χ0) is 13.2. The summed E-state index contributed by atoms with van der Waals surface area (Å²) in [5.41, 5.74) is 5.57. The van der Waals surface area contributed by atoms with E-state index in [0.717, 1.165) is 13.0 Å². The van der Waals surface area contributed by atoms with Gasteiger partial charge in [-0.3, -0.25) is 0 Å². The highest BCUT2D eigenvalue weighted by Crippen LogP contribution is 2.31. The highest BCUT2D eigenvalue weighted by molar-refractivity contribution is 5.60. The first-order valence-corrected chi connectivity index (χ1v) is 7.01. The molecule has 3 rings (SSSR count). The minimum atomic E-state index is 0.605. The van der Waals surface area contributed by atoms with Crippen LogP contribution in [0.2, 0.25) is 0 Å². The van der Waals surface area contributed by atoms with Crippen LogP contribution in [-0.4, -0.2) is 0 Å². The minimum absolute atomic E-state index is 0.605. The van der Waals surface area contributed by atoms with Crippen LogP contribution in [0.5, 0.6) is 0 Å². The number of fused-ring (bicyclic) bond motifs is 1. The van der Waals surface area contributed by atoms with E-state index in [-0.39, 0.29) is 0 Å².